The average molecular weight is 694 g/mol. The third kappa shape index (κ3) is 5.39. The molecule has 2 aromatic carbocycles. The number of rotatable bonds is 9. The van der Waals surface area contributed by atoms with E-state index in [-0.39, 0.29) is 43.0 Å². The monoisotopic (exact) mass is 693 g/mol. The summed E-state index contributed by atoms with van der Waals surface area (Å²) in [6.45, 7) is 9.74. The number of benzene rings is 2. The molecule has 3 aliphatic carbocycles. The number of esters is 1. The van der Waals surface area contributed by atoms with E-state index in [4.69, 9.17) is 18.9 Å². The van der Waals surface area contributed by atoms with E-state index in [9.17, 15) is 27.5 Å². The van der Waals surface area contributed by atoms with Crippen LogP contribution in [-0.4, -0.2) is 67.0 Å². The minimum Gasteiger partial charge on any atom is -0.461 e. The molecule has 1 unspecified atom stereocenters. The number of anilines is 1. The number of fused-ring (bicyclic) bond motifs is 2. The van der Waals surface area contributed by atoms with Gasteiger partial charge < -0.3 is 24.1 Å². The highest BCUT2D eigenvalue weighted by Gasteiger charge is 2.79. The van der Waals surface area contributed by atoms with Crippen molar-refractivity contribution in [3.8, 4) is 0 Å². The van der Waals surface area contributed by atoms with Crippen LogP contribution < -0.4 is 4.72 Å². The number of nitrogens with one attached hydrogen (secondary N) is 1. The van der Waals surface area contributed by atoms with Crippen molar-refractivity contribution in [2.24, 2.45) is 17.8 Å². The zero-order valence-corrected chi connectivity index (χ0v) is 28.6. The fraction of sp³-hybridized carbons (Fsp3) is 0.459. The predicted molar refractivity (Wildman–Crippen MR) is 177 cm³/mol. The van der Waals surface area contributed by atoms with Gasteiger partial charge in [0.1, 0.15) is 29.7 Å². The highest BCUT2D eigenvalue weighted by molar-refractivity contribution is 7.92. The van der Waals surface area contributed by atoms with Crippen molar-refractivity contribution in [3.63, 3.8) is 0 Å². The maximum atomic E-state index is 14.6. The van der Waals surface area contributed by atoms with Gasteiger partial charge in [-0.2, -0.15) is 0 Å². The fourth-order valence-electron chi connectivity index (χ4n) is 8.83. The van der Waals surface area contributed by atoms with Gasteiger partial charge >= 0.3 is 5.97 Å². The van der Waals surface area contributed by atoms with Crippen molar-refractivity contribution in [3.05, 3.63) is 101 Å². The second-order valence-electron chi connectivity index (χ2n) is 14.4. The topological polar surface area (TPSA) is 137 Å². The van der Waals surface area contributed by atoms with Gasteiger partial charge in [0.25, 0.3) is 5.97 Å². The average Bonchev–Trinajstić information content (AvgIpc) is 3.32. The summed E-state index contributed by atoms with van der Waals surface area (Å²) in [6.07, 6.45) is 4.48. The lowest BCUT2D eigenvalue weighted by atomic mass is 9.55. The Labute approximate surface area is 285 Å². The Hall–Kier alpha value is -3.68. The molecule has 10 nitrogen and oxygen atoms in total. The van der Waals surface area contributed by atoms with Gasteiger partial charge in [0, 0.05) is 18.3 Å². The highest BCUT2D eigenvalue weighted by atomic mass is 32.2. The van der Waals surface area contributed by atoms with Crippen molar-refractivity contribution in [1.82, 2.24) is 0 Å². The molecule has 260 valence electrons. The van der Waals surface area contributed by atoms with Gasteiger partial charge in [0.2, 0.25) is 10.0 Å². The van der Waals surface area contributed by atoms with Crippen molar-refractivity contribution in [2.45, 2.75) is 75.3 Å². The molecule has 3 fully saturated rings. The van der Waals surface area contributed by atoms with Crippen LogP contribution >= 0.6 is 0 Å². The first-order chi connectivity index (χ1) is 23.0. The zero-order chi connectivity index (χ0) is 35.1. The molecule has 2 N–H and O–H groups in total. The number of hydrogen-bond donors (Lipinski definition) is 2. The molecule has 8 atom stereocenters. The van der Waals surface area contributed by atoms with Crippen LogP contribution in [0.1, 0.15) is 44.7 Å². The standard InChI is InChI=1S/C37H40FNO9S/c1-21(2)35-17-23(4)37-27(33(35)46-36(47-35,48-37)19-24-9-7-6-8-10-24)14-26(18-34(42)30(37)13-22(3)32(34)41)20-45-31(40)16-25-11-12-29(28(38)15-25)39-49(5,43)44/h6-15,23,27,30,33,39,42H,1,16-20H2,2-5H3/t23-,27+,30-,33-,34-,35+,36?,37-/m1/s1. The smallest absolute Gasteiger partial charge is 0.310 e. The van der Waals surface area contributed by atoms with Gasteiger partial charge in [0.05, 0.1) is 30.4 Å². The van der Waals surface area contributed by atoms with Crippen molar-refractivity contribution in [2.75, 3.05) is 17.6 Å². The van der Waals surface area contributed by atoms with Gasteiger partial charge in [-0.1, -0.05) is 62.1 Å². The number of aliphatic hydroxyl groups is 1. The Bertz CT molecular complexity index is 1930. The molecular weight excluding hydrogens is 653 g/mol. The van der Waals surface area contributed by atoms with E-state index in [1.54, 1.807) is 6.92 Å². The quantitative estimate of drug-likeness (QED) is 0.287. The summed E-state index contributed by atoms with van der Waals surface area (Å²) in [6, 6.07) is 13.4. The molecule has 0 aromatic heterocycles. The van der Waals surface area contributed by atoms with Crippen LogP contribution in [0.25, 0.3) is 0 Å². The first-order valence-electron chi connectivity index (χ1n) is 16.4. The lowest BCUT2D eigenvalue weighted by Crippen LogP contribution is -2.70. The SMILES string of the molecule is C=C(C)[C@@]12C[C@@H](C)[C@@]34OC(Cc5ccccc5)(O[C@@H]1[C@@H]3C=C(COC(=O)Cc1ccc(NS(C)(=O)=O)c(F)c1)C[C@]1(O)C(=O)C(C)=C[C@@H]41)O2. The van der Waals surface area contributed by atoms with Crippen LogP contribution in [0.5, 0.6) is 0 Å². The molecule has 7 rings (SSSR count). The van der Waals surface area contributed by atoms with Gasteiger partial charge in [-0.25, -0.2) is 12.8 Å². The molecule has 0 radical (unpaired) electrons. The highest BCUT2D eigenvalue weighted by Crippen LogP contribution is 2.68. The van der Waals surface area contributed by atoms with Crippen molar-refractivity contribution < 1.29 is 46.5 Å². The minimum atomic E-state index is -3.69. The van der Waals surface area contributed by atoms with E-state index >= 15 is 0 Å². The van der Waals surface area contributed by atoms with E-state index in [2.05, 4.69) is 18.2 Å². The van der Waals surface area contributed by atoms with Crippen molar-refractivity contribution in [1.29, 1.82) is 0 Å². The van der Waals surface area contributed by atoms with Crippen LogP contribution in [0.2, 0.25) is 0 Å². The Balaban J connectivity index is 1.22. The normalized spacial score (nSPS) is 35.9. The summed E-state index contributed by atoms with van der Waals surface area (Å²) in [5.41, 5.74) is -1.19. The second kappa shape index (κ2) is 11.4. The number of sulfonamides is 1. The number of halogens is 1. The first kappa shape index (κ1) is 33.8. The third-order valence-electron chi connectivity index (χ3n) is 10.8. The summed E-state index contributed by atoms with van der Waals surface area (Å²) in [5, 5.41) is 12.4. The van der Waals surface area contributed by atoms with Crippen LogP contribution in [0.15, 0.2) is 84.0 Å². The van der Waals surface area contributed by atoms with Gasteiger partial charge in [-0.3, -0.25) is 14.3 Å². The van der Waals surface area contributed by atoms with E-state index in [0.717, 1.165) is 23.5 Å². The van der Waals surface area contributed by atoms with Crippen LogP contribution in [0.4, 0.5) is 10.1 Å². The van der Waals surface area contributed by atoms with E-state index in [1.165, 1.54) is 12.1 Å². The molecule has 2 aromatic rings. The molecule has 5 aliphatic rings. The largest absolute Gasteiger partial charge is 0.461 e. The number of carbonyl (C=O) groups is 2. The van der Waals surface area contributed by atoms with Gasteiger partial charge in [-0.05, 0) is 66.2 Å². The number of ether oxygens (including phenoxy) is 4. The number of ketones is 1. The van der Waals surface area contributed by atoms with Crippen molar-refractivity contribution >= 4 is 27.5 Å². The lowest BCUT2D eigenvalue weighted by molar-refractivity contribution is -0.421. The molecule has 2 saturated heterocycles. The van der Waals surface area contributed by atoms with E-state index < -0.39 is 68.3 Å². The van der Waals surface area contributed by atoms with Gasteiger partial charge in [0.15, 0.2) is 5.78 Å². The third-order valence-corrected chi connectivity index (χ3v) is 11.4. The number of hydrogen-bond acceptors (Lipinski definition) is 9. The first-order valence-corrected chi connectivity index (χ1v) is 18.2. The lowest BCUT2D eigenvalue weighted by Gasteiger charge is -2.59. The molecule has 0 amide bonds. The number of Topliss-reactive ketones (excluding diaryl/α,β-unsaturated/α-hetero) is 1. The Morgan fingerprint density at radius 1 is 1.14 bits per heavy atom. The summed E-state index contributed by atoms with van der Waals surface area (Å²) in [5.74, 6) is -4.88. The predicted octanol–water partition coefficient (Wildman–Crippen LogP) is 4.54. The summed E-state index contributed by atoms with van der Waals surface area (Å²) in [4.78, 5) is 26.8. The summed E-state index contributed by atoms with van der Waals surface area (Å²) < 4.78 is 66.1. The molecule has 3 bridgehead atoms. The Morgan fingerprint density at radius 3 is 2.55 bits per heavy atom. The molecule has 0 spiro atoms. The molecule has 12 heteroatoms. The Morgan fingerprint density at radius 2 is 1.88 bits per heavy atom. The van der Waals surface area contributed by atoms with E-state index in [0.29, 0.717) is 17.6 Å². The maximum Gasteiger partial charge on any atom is 0.310 e. The molecule has 1 saturated carbocycles. The van der Waals surface area contributed by atoms with Crippen LogP contribution in [0, 0.1) is 23.6 Å². The number of carbonyl (C=O) groups excluding carboxylic acids is 2. The molecular formula is C37H40FNO9S. The summed E-state index contributed by atoms with van der Waals surface area (Å²) in [7, 11) is -3.69. The maximum absolute atomic E-state index is 14.6. The second-order valence-corrected chi connectivity index (χ2v) is 16.1. The van der Waals surface area contributed by atoms with Gasteiger partial charge in [-0.15, -0.1) is 0 Å². The molecule has 2 aliphatic heterocycles. The van der Waals surface area contributed by atoms with Crippen LogP contribution in [0.3, 0.4) is 0 Å². The fourth-order valence-corrected chi connectivity index (χ4v) is 9.40. The molecule has 2 heterocycles. The van der Waals surface area contributed by atoms with E-state index in [1.807, 2.05) is 49.4 Å². The molecule has 49 heavy (non-hydrogen) atoms. The minimum absolute atomic E-state index is 0.0915. The Kier molecular flexibility index (Phi) is 7.88. The van der Waals surface area contributed by atoms with Crippen LogP contribution in [-0.2, 0) is 51.4 Å². The summed E-state index contributed by atoms with van der Waals surface area (Å²) >= 11 is 0. The zero-order valence-electron chi connectivity index (χ0n) is 27.8.